The summed E-state index contributed by atoms with van der Waals surface area (Å²) in [5.74, 6) is 0.802. The Labute approximate surface area is 87.7 Å². The molecule has 1 aliphatic rings. The summed E-state index contributed by atoms with van der Waals surface area (Å²) in [4.78, 5) is 0.937. The first-order chi connectivity index (χ1) is 6.83. The number of methoxy groups -OCH3 is 1. The van der Waals surface area contributed by atoms with Crippen molar-refractivity contribution in [2.24, 2.45) is 0 Å². The Kier molecular flexibility index (Phi) is 3.05. The predicted octanol–water partition coefficient (Wildman–Crippen LogP) is 1.54. The van der Waals surface area contributed by atoms with Gasteiger partial charge in [-0.1, -0.05) is 0 Å². The van der Waals surface area contributed by atoms with Crippen molar-refractivity contribution in [3.63, 3.8) is 0 Å². The van der Waals surface area contributed by atoms with E-state index in [0.29, 0.717) is 0 Å². The fraction of sp³-hybridized carbons (Fsp3) is 0.600. The molecule has 14 heavy (non-hydrogen) atoms. The molecule has 4 heteroatoms. The van der Waals surface area contributed by atoms with Crippen LogP contribution in [0.2, 0.25) is 0 Å². The summed E-state index contributed by atoms with van der Waals surface area (Å²) in [5.41, 5.74) is 0. The molecule has 2 N–H and O–H groups in total. The van der Waals surface area contributed by atoms with Crippen LogP contribution in [0.15, 0.2) is 11.4 Å². The molecule has 2 atom stereocenters. The summed E-state index contributed by atoms with van der Waals surface area (Å²) < 4.78 is 5.19. The van der Waals surface area contributed by atoms with Gasteiger partial charge in [0.25, 0.3) is 0 Å². The summed E-state index contributed by atoms with van der Waals surface area (Å²) in [6, 6.07) is 2.10. The summed E-state index contributed by atoms with van der Waals surface area (Å²) in [7, 11) is 1.64. The number of thiophene rings is 1. The number of aliphatic hydroxyl groups is 1. The molecule has 0 aliphatic carbocycles. The van der Waals surface area contributed by atoms with Crippen LogP contribution in [0.1, 0.15) is 23.8 Å². The number of rotatable bonds is 3. The fourth-order valence-corrected chi connectivity index (χ4v) is 2.77. The van der Waals surface area contributed by atoms with E-state index in [0.717, 1.165) is 30.0 Å². The van der Waals surface area contributed by atoms with Crippen LogP contribution in [-0.4, -0.2) is 24.8 Å². The maximum Gasteiger partial charge on any atom is 0.135 e. The highest BCUT2D eigenvalue weighted by atomic mass is 32.1. The first kappa shape index (κ1) is 9.96. The molecule has 2 rings (SSSR count). The minimum absolute atomic E-state index is 0.197. The van der Waals surface area contributed by atoms with E-state index in [2.05, 4.69) is 5.32 Å². The van der Waals surface area contributed by atoms with Crippen LogP contribution in [0.4, 0.5) is 0 Å². The molecule has 2 heterocycles. The van der Waals surface area contributed by atoms with Gasteiger partial charge in [0.2, 0.25) is 0 Å². The number of aliphatic hydroxyl groups excluding tert-OH is 1. The minimum Gasteiger partial charge on any atom is -0.495 e. The Morgan fingerprint density at radius 2 is 2.57 bits per heavy atom. The van der Waals surface area contributed by atoms with E-state index in [1.54, 1.807) is 18.4 Å². The fourth-order valence-electron chi connectivity index (χ4n) is 1.86. The highest BCUT2D eigenvalue weighted by molar-refractivity contribution is 7.10. The van der Waals surface area contributed by atoms with Crippen LogP contribution < -0.4 is 10.1 Å². The second kappa shape index (κ2) is 4.29. The molecular formula is C10H15NO2S. The van der Waals surface area contributed by atoms with Gasteiger partial charge >= 0.3 is 0 Å². The van der Waals surface area contributed by atoms with Gasteiger partial charge < -0.3 is 15.2 Å². The van der Waals surface area contributed by atoms with E-state index in [1.165, 1.54) is 0 Å². The monoisotopic (exact) mass is 213 g/mol. The second-order valence-electron chi connectivity index (χ2n) is 3.50. The van der Waals surface area contributed by atoms with Crippen LogP contribution in [-0.2, 0) is 0 Å². The third-order valence-corrected chi connectivity index (χ3v) is 3.59. The molecule has 1 saturated heterocycles. The van der Waals surface area contributed by atoms with Gasteiger partial charge in [0.05, 0.1) is 12.0 Å². The number of hydrogen-bond acceptors (Lipinski definition) is 4. The van der Waals surface area contributed by atoms with E-state index < -0.39 is 6.10 Å². The zero-order chi connectivity index (χ0) is 9.97. The third kappa shape index (κ3) is 1.78. The molecule has 2 unspecified atom stereocenters. The highest BCUT2D eigenvalue weighted by Crippen LogP contribution is 2.34. The molecule has 0 radical (unpaired) electrons. The Balaban J connectivity index is 2.12. The zero-order valence-electron chi connectivity index (χ0n) is 8.19. The van der Waals surface area contributed by atoms with Crippen molar-refractivity contribution >= 4 is 11.3 Å². The minimum atomic E-state index is -0.424. The number of ether oxygens (including phenoxy) is 1. The van der Waals surface area contributed by atoms with E-state index in [-0.39, 0.29) is 6.04 Å². The van der Waals surface area contributed by atoms with Crippen LogP contribution in [0.5, 0.6) is 5.75 Å². The number of nitrogens with one attached hydrogen (secondary N) is 1. The Hall–Kier alpha value is -0.580. The molecule has 0 bridgehead atoms. The van der Waals surface area contributed by atoms with Crippen molar-refractivity contribution in [3.05, 3.63) is 16.3 Å². The van der Waals surface area contributed by atoms with Crippen molar-refractivity contribution in [3.8, 4) is 5.75 Å². The molecule has 1 aromatic rings. The molecule has 0 spiro atoms. The van der Waals surface area contributed by atoms with Gasteiger partial charge in [0.15, 0.2) is 0 Å². The third-order valence-electron chi connectivity index (χ3n) is 2.63. The molecule has 3 nitrogen and oxygen atoms in total. The average Bonchev–Trinajstić information content (AvgIpc) is 2.87. The van der Waals surface area contributed by atoms with Gasteiger partial charge in [0, 0.05) is 6.04 Å². The lowest BCUT2D eigenvalue weighted by atomic mass is 10.1. The lowest BCUT2D eigenvalue weighted by molar-refractivity contribution is 0.138. The van der Waals surface area contributed by atoms with Crippen molar-refractivity contribution in [2.45, 2.75) is 25.0 Å². The topological polar surface area (TPSA) is 41.5 Å². The lowest BCUT2D eigenvalue weighted by Crippen LogP contribution is -2.28. The Bertz CT molecular complexity index is 294. The second-order valence-corrected chi connectivity index (χ2v) is 4.45. The van der Waals surface area contributed by atoms with E-state index in [1.807, 2.05) is 11.4 Å². The van der Waals surface area contributed by atoms with E-state index in [4.69, 9.17) is 4.74 Å². The van der Waals surface area contributed by atoms with Gasteiger partial charge in [-0.15, -0.1) is 11.3 Å². The van der Waals surface area contributed by atoms with Crippen molar-refractivity contribution in [1.82, 2.24) is 5.32 Å². The SMILES string of the molecule is COc1ccsc1C(O)C1CCCN1. The van der Waals surface area contributed by atoms with Crippen molar-refractivity contribution in [1.29, 1.82) is 0 Å². The van der Waals surface area contributed by atoms with Crippen LogP contribution in [0, 0.1) is 0 Å². The van der Waals surface area contributed by atoms with Gasteiger partial charge in [-0.3, -0.25) is 0 Å². The van der Waals surface area contributed by atoms with Gasteiger partial charge in [-0.25, -0.2) is 0 Å². The van der Waals surface area contributed by atoms with Gasteiger partial charge in [-0.2, -0.15) is 0 Å². The predicted molar refractivity (Wildman–Crippen MR) is 56.9 cm³/mol. The molecule has 1 aliphatic heterocycles. The summed E-state index contributed by atoms with van der Waals surface area (Å²) in [5, 5.41) is 15.3. The van der Waals surface area contributed by atoms with Crippen molar-refractivity contribution < 1.29 is 9.84 Å². The molecule has 0 saturated carbocycles. The first-order valence-corrected chi connectivity index (χ1v) is 5.73. The quantitative estimate of drug-likeness (QED) is 0.800. The van der Waals surface area contributed by atoms with Crippen LogP contribution >= 0.6 is 11.3 Å². The molecule has 0 aromatic carbocycles. The summed E-state index contributed by atoms with van der Waals surface area (Å²) in [6.07, 6.45) is 1.77. The van der Waals surface area contributed by atoms with Gasteiger partial charge in [0.1, 0.15) is 11.9 Å². The summed E-state index contributed by atoms with van der Waals surface area (Å²) >= 11 is 1.55. The standard InChI is InChI=1S/C10H15NO2S/c1-13-8-4-6-14-10(8)9(12)7-3-2-5-11-7/h4,6-7,9,11-12H,2-3,5H2,1H3. The number of hydrogen-bond donors (Lipinski definition) is 2. The maximum atomic E-state index is 10.1. The lowest BCUT2D eigenvalue weighted by Gasteiger charge is -2.17. The maximum absolute atomic E-state index is 10.1. The largest absolute Gasteiger partial charge is 0.495 e. The average molecular weight is 213 g/mol. The smallest absolute Gasteiger partial charge is 0.135 e. The van der Waals surface area contributed by atoms with Crippen LogP contribution in [0.3, 0.4) is 0 Å². The molecule has 0 amide bonds. The van der Waals surface area contributed by atoms with E-state index >= 15 is 0 Å². The molecule has 78 valence electrons. The molecule has 1 fully saturated rings. The summed E-state index contributed by atoms with van der Waals surface area (Å²) in [6.45, 7) is 1.01. The van der Waals surface area contributed by atoms with E-state index in [9.17, 15) is 5.11 Å². The molecular weight excluding hydrogens is 198 g/mol. The Morgan fingerprint density at radius 3 is 3.21 bits per heavy atom. The highest BCUT2D eigenvalue weighted by Gasteiger charge is 2.26. The Morgan fingerprint density at radius 1 is 1.71 bits per heavy atom. The molecule has 1 aromatic heterocycles. The zero-order valence-corrected chi connectivity index (χ0v) is 9.01. The van der Waals surface area contributed by atoms with Crippen molar-refractivity contribution in [2.75, 3.05) is 13.7 Å². The first-order valence-electron chi connectivity index (χ1n) is 4.85. The normalized spacial score (nSPS) is 23.7. The van der Waals surface area contributed by atoms with Crippen LogP contribution in [0.25, 0.3) is 0 Å². The van der Waals surface area contributed by atoms with Gasteiger partial charge in [-0.05, 0) is 30.8 Å².